The van der Waals surface area contributed by atoms with E-state index in [9.17, 15) is 0 Å². The lowest BCUT2D eigenvalue weighted by Crippen LogP contribution is -2.52. The predicted octanol–water partition coefficient (Wildman–Crippen LogP) is 2.74. The number of piperidine rings is 1. The second-order valence-corrected chi connectivity index (χ2v) is 7.98. The van der Waals surface area contributed by atoms with E-state index >= 15 is 0 Å². The Morgan fingerprint density at radius 2 is 1.68 bits per heavy atom. The zero-order valence-corrected chi connectivity index (χ0v) is 12.5. The third-order valence-corrected chi connectivity index (χ3v) is 6.80. The molecular formula is C17H30N2. The smallest absolute Gasteiger partial charge is 0.0192 e. The van der Waals surface area contributed by atoms with Gasteiger partial charge in [-0.1, -0.05) is 0 Å². The summed E-state index contributed by atoms with van der Waals surface area (Å²) in [5.41, 5.74) is 0. The van der Waals surface area contributed by atoms with Gasteiger partial charge in [-0.05, 0) is 88.1 Å². The number of hydrogen-bond donors (Lipinski definition) is 1. The van der Waals surface area contributed by atoms with Crippen molar-refractivity contribution in [3.05, 3.63) is 0 Å². The highest BCUT2D eigenvalue weighted by Gasteiger charge is 2.48. The van der Waals surface area contributed by atoms with Crippen LogP contribution in [0.5, 0.6) is 0 Å². The molecule has 2 heteroatoms. The fourth-order valence-corrected chi connectivity index (χ4v) is 6.09. The largest absolute Gasteiger partial charge is 0.316 e. The molecule has 1 heterocycles. The maximum absolute atomic E-state index is 3.49. The SMILES string of the molecule is CNC1CCCN(CC2C3CC4CC(C3)CC2C4)C1. The topological polar surface area (TPSA) is 15.3 Å². The van der Waals surface area contributed by atoms with Crippen molar-refractivity contribution in [2.75, 3.05) is 26.7 Å². The summed E-state index contributed by atoms with van der Waals surface area (Å²) in [7, 11) is 2.14. The second-order valence-electron chi connectivity index (χ2n) is 7.98. The Morgan fingerprint density at radius 3 is 2.32 bits per heavy atom. The highest BCUT2D eigenvalue weighted by Crippen LogP contribution is 2.56. The molecular weight excluding hydrogens is 232 g/mol. The molecule has 1 aliphatic heterocycles. The van der Waals surface area contributed by atoms with Gasteiger partial charge >= 0.3 is 0 Å². The van der Waals surface area contributed by atoms with E-state index in [2.05, 4.69) is 17.3 Å². The van der Waals surface area contributed by atoms with Gasteiger partial charge in [0.25, 0.3) is 0 Å². The lowest BCUT2D eigenvalue weighted by atomic mass is 9.52. The summed E-state index contributed by atoms with van der Waals surface area (Å²) in [6.45, 7) is 4.09. The van der Waals surface area contributed by atoms with Crippen molar-refractivity contribution in [1.82, 2.24) is 10.2 Å². The number of nitrogens with one attached hydrogen (secondary N) is 1. The van der Waals surface area contributed by atoms with E-state index in [1.165, 1.54) is 32.5 Å². The van der Waals surface area contributed by atoms with Crippen LogP contribution in [0, 0.1) is 29.6 Å². The predicted molar refractivity (Wildman–Crippen MR) is 79.1 cm³/mol. The van der Waals surface area contributed by atoms with E-state index in [0.29, 0.717) is 0 Å². The highest BCUT2D eigenvalue weighted by atomic mass is 15.2. The molecule has 1 N–H and O–H groups in total. The van der Waals surface area contributed by atoms with Gasteiger partial charge in [0.2, 0.25) is 0 Å². The molecule has 2 nitrogen and oxygen atoms in total. The van der Waals surface area contributed by atoms with Crippen molar-refractivity contribution >= 4 is 0 Å². The molecule has 108 valence electrons. The molecule has 4 saturated carbocycles. The average molecular weight is 262 g/mol. The Morgan fingerprint density at radius 1 is 1.00 bits per heavy atom. The minimum atomic E-state index is 0.755. The summed E-state index contributed by atoms with van der Waals surface area (Å²) >= 11 is 0. The summed E-state index contributed by atoms with van der Waals surface area (Å²) in [5.74, 6) is 5.52. The van der Waals surface area contributed by atoms with E-state index in [1.54, 1.807) is 32.1 Å². The highest BCUT2D eigenvalue weighted by molar-refractivity contribution is 4.99. The Hall–Kier alpha value is -0.0800. The van der Waals surface area contributed by atoms with Crippen molar-refractivity contribution in [3.63, 3.8) is 0 Å². The fourth-order valence-electron chi connectivity index (χ4n) is 6.09. The molecule has 0 aromatic rings. The van der Waals surface area contributed by atoms with E-state index in [4.69, 9.17) is 0 Å². The van der Waals surface area contributed by atoms with Crippen molar-refractivity contribution in [2.45, 2.75) is 51.0 Å². The molecule has 0 amide bonds. The molecule has 0 spiro atoms. The van der Waals surface area contributed by atoms with E-state index in [0.717, 1.165) is 35.6 Å². The molecule has 5 rings (SSSR count). The van der Waals surface area contributed by atoms with Crippen LogP contribution in [-0.4, -0.2) is 37.6 Å². The monoisotopic (exact) mass is 262 g/mol. The van der Waals surface area contributed by atoms with Crippen LogP contribution in [0.15, 0.2) is 0 Å². The van der Waals surface area contributed by atoms with Crippen molar-refractivity contribution in [3.8, 4) is 0 Å². The number of hydrogen-bond acceptors (Lipinski definition) is 2. The number of nitrogens with zero attached hydrogens (tertiary/aromatic N) is 1. The van der Waals surface area contributed by atoms with Crippen LogP contribution in [0.25, 0.3) is 0 Å². The molecule has 0 aromatic carbocycles. The summed E-state index contributed by atoms with van der Waals surface area (Å²) in [6.07, 6.45) is 10.7. The molecule has 4 aliphatic carbocycles. The quantitative estimate of drug-likeness (QED) is 0.841. The molecule has 0 radical (unpaired) electrons. The number of likely N-dealkylation sites (tertiary alicyclic amines) is 1. The van der Waals surface area contributed by atoms with Gasteiger partial charge in [-0.25, -0.2) is 0 Å². The molecule has 5 fully saturated rings. The van der Waals surface area contributed by atoms with Crippen LogP contribution >= 0.6 is 0 Å². The molecule has 1 unspecified atom stereocenters. The van der Waals surface area contributed by atoms with Crippen molar-refractivity contribution in [1.29, 1.82) is 0 Å². The minimum absolute atomic E-state index is 0.755. The van der Waals surface area contributed by atoms with Crippen LogP contribution in [0.3, 0.4) is 0 Å². The Labute approximate surface area is 118 Å². The van der Waals surface area contributed by atoms with Crippen LogP contribution in [0.2, 0.25) is 0 Å². The lowest BCUT2D eigenvalue weighted by Gasteiger charge is -2.55. The summed E-state index contributed by atoms with van der Waals surface area (Å²) in [6, 6.07) is 0.755. The lowest BCUT2D eigenvalue weighted by molar-refractivity contribution is -0.0515. The first-order valence-electron chi connectivity index (χ1n) is 8.71. The first-order chi connectivity index (χ1) is 9.31. The van der Waals surface area contributed by atoms with Gasteiger partial charge in [0.1, 0.15) is 0 Å². The van der Waals surface area contributed by atoms with E-state index < -0.39 is 0 Å². The van der Waals surface area contributed by atoms with Gasteiger partial charge in [0, 0.05) is 19.1 Å². The Kier molecular flexibility index (Phi) is 3.35. The van der Waals surface area contributed by atoms with Gasteiger partial charge in [0.15, 0.2) is 0 Å². The summed E-state index contributed by atoms with van der Waals surface area (Å²) in [4.78, 5) is 2.79. The molecule has 1 atom stereocenters. The first-order valence-corrected chi connectivity index (χ1v) is 8.71. The van der Waals surface area contributed by atoms with Crippen molar-refractivity contribution in [2.24, 2.45) is 29.6 Å². The second kappa shape index (κ2) is 5.04. The maximum Gasteiger partial charge on any atom is 0.0192 e. The van der Waals surface area contributed by atoms with Crippen LogP contribution < -0.4 is 5.32 Å². The van der Waals surface area contributed by atoms with Crippen LogP contribution in [0.1, 0.15) is 44.9 Å². The van der Waals surface area contributed by atoms with E-state index in [1.807, 2.05) is 0 Å². The molecule has 1 saturated heterocycles. The number of rotatable bonds is 3. The normalized spacial score (nSPS) is 49.7. The minimum Gasteiger partial charge on any atom is -0.316 e. The zero-order valence-electron chi connectivity index (χ0n) is 12.5. The fraction of sp³-hybridized carbons (Fsp3) is 1.00. The third-order valence-electron chi connectivity index (χ3n) is 6.80. The van der Waals surface area contributed by atoms with Gasteiger partial charge < -0.3 is 10.2 Å². The third kappa shape index (κ3) is 2.35. The summed E-state index contributed by atoms with van der Waals surface area (Å²) in [5, 5.41) is 3.49. The summed E-state index contributed by atoms with van der Waals surface area (Å²) < 4.78 is 0. The molecule has 4 bridgehead atoms. The maximum atomic E-state index is 3.49. The number of likely N-dealkylation sites (N-methyl/N-ethyl adjacent to an activating group) is 1. The van der Waals surface area contributed by atoms with Gasteiger partial charge in [-0.15, -0.1) is 0 Å². The molecule has 0 aromatic heterocycles. The van der Waals surface area contributed by atoms with E-state index in [-0.39, 0.29) is 0 Å². The first kappa shape index (κ1) is 12.6. The molecule has 5 aliphatic rings. The Bertz CT molecular complexity index is 299. The Balaban J connectivity index is 1.40. The molecule has 19 heavy (non-hydrogen) atoms. The van der Waals surface area contributed by atoms with Crippen LogP contribution in [0.4, 0.5) is 0 Å². The standard InChI is InChI=1S/C17H30N2/c1-18-16-3-2-4-19(10-16)11-17-14-6-12-5-13(8-14)9-15(17)7-12/h12-18H,2-11H2,1H3. The van der Waals surface area contributed by atoms with Gasteiger partial charge in [-0.2, -0.15) is 0 Å². The van der Waals surface area contributed by atoms with Gasteiger partial charge in [-0.3, -0.25) is 0 Å². The van der Waals surface area contributed by atoms with Crippen LogP contribution in [-0.2, 0) is 0 Å². The van der Waals surface area contributed by atoms with Crippen molar-refractivity contribution < 1.29 is 0 Å². The zero-order chi connectivity index (χ0) is 12.8. The average Bonchev–Trinajstić information content (AvgIpc) is 2.42. The van der Waals surface area contributed by atoms with Gasteiger partial charge in [0.05, 0.1) is 0 Å².